The average Bonchev–Trinajstić information content (AvgIpc) is 3.51. The second kappa shape index (κ2) is 16.1. The van der Waals surface area contributed by atoms with E-state index in [9.17, 15) is 0 Å². The Labute approximate surface area is 311 Å². The first-order valence-electron chi connectivity index (χ1n) is 17.2. The van der Waals surface area contributed by atoms with Crippen LogP contribution in [0.5, 0.6) is 0 Å². The summed E-state index contributed by atoms with van der Waals surface area (Å²) in [5.41, 5.74) is 8.20. The quantitative estimate of drug-likeness (QED) is 0.123. The van der Waals surface area contributed by atoms with Gasteiger partial charge in [0.2, 0.25) is 0 Å². The second-order valence-corrected chi connectivity index (χ2v) is 25.7. The monoisotopic (exact) mass is 897 g/mol. The summed E-state index contributed by atoms with van der Waals surface area (Å²) in [6, 6.07) is 45.2. The molecule has 1 fully saturated rings. The smallest absolute Gasteiger partial charge is 0.0240 e. The molecular weight excluding hydrogens is 853 g/mol. The van der Waals surface area contributed by atoms with Gasteiger partial charge in [-0.1, -0.05) is 85.5 Å². The van der Waals surface area contributed by atoms with Crippen LogP contribution < -0.4 is 4.40 Å². The zero-order chi connectivity index (χ0) is 32.9. The van der Waals surface area contributed by atoms with Crippen molar-refractivity contribution in [3.05, 3.63) is 139 Å². The Kier molecular flexibility index (Phi) is 11.6. The number of aromatic nitrogens is 2. The molecule has 7 aromatic rings. The molecule has 0 N–H and O–H groups in total. The summed E-state index contributed by atoms with van der Waals surface area (Å²) < 4.78 is 4.05. The van der Waals surface area contributed by atoms with Crippen molar-refractivity contribution in [2.45, 2.75) is 55.8 Å². The van der Waals surface area contributed by atoms with Crippen LogP contribution in [-0.2, 0) is 26.5 Å². The molecule has 4 aromatic carbocycles. The van der Waals surface area contributed by atoms with Crippen molar-refractivity contribution in [1.29, 1.82) is 0 Å². The Bertz CT molecular complexity index is 2110. The Morgan fingerprint density at radius 3 is 2.27 bits per heavy atom. The second-order valence-electron chi connectivity index (χ2n) is 14.0. The molecule has 2 nitrogen and oxygen atoms in total. The molecule has 8 rings (SSSR count). The van der Waals surface area contributed by atoms with Gasteiger partial charge in [-0.25, -0.2) is 0 Å². The minimum Gasteiger partial charge on any atom is -0.305 e. The van der Waals surface area contributed by atoms with Gasteiger partial charge in [0.15, 0.2) is 0 Å². The van der Waals surface area contributed by atoms with Crippen molar-refractivity contribution in [2.24, 2.45) is 5.92 Å². The molecule has 3 heterocycles. The molecule has 1 aliphatic rings. The zero-order valence-electron chi connectivity index (χ0n) is 28.5. The van der Waals surface area contributed by atoms with Gasteiger partial charge in [0.05, 0.1) is 0 Å². The van der Waals surface area contributed by atoms with Crippen molar-refractivity contribution >= 4 is 49.2 Å². The molecule has 0 aliphatic heterocycles. The van der Waals surface area contributed by atoms with E-state index >= 15 is 0 Å². The van der Waals surface area contributed by atoms with Crippen molar-refractivity contribution in [3.8, 4) is 33.6 Å². The van der Waals surface area contributed by atoms with Gasteiger partial charge >= 0.3 is 99.8 Å². The average molecular weight is 896 g/mol. The molecule has 0 bridgehead atoms. The fraction of sp³-hybridized carbons (Fsp3) is 0.227. The maximum atomic E-state index is 4.76. The standard InChI is InChI=1S/C30H26NS.C14H16GeN.Ir/c1-3-8-21(9-4-1)18-22-16-17-31-28(19-22)26-13-7-12-25-27-20-24(23-10-5-2-6-11-23)14-15-29(27)32-30(25)26;1-15(2,3)13-9-10-14(16-11-13)12-7-5-4-6-8-12;/h2,5-7,10-12,14-17,19-21H,1,3-4,8-9,18H2;4-7,9-11H,1-3H3;/q2*-1;. The molecule has 249 valence electrons. The summed E-state index contributed by atoms with van der Waals surface area (Å²) in [5, 5.41) is 2.62. The fourth-order valence-corrected chi connectivity index (χ4v) is 10.1. The molecule has 0 spiro atoms. The zero-order valence-corrected chi connectivity index (χ0v) is 33.8. The van der Waals surface area contributed by atoms with E-state index in [0.717, 1.165) is 28.4 Å². The van der Waals surface area contributed by atoms with Crippen LogP contribution in [0.1, 0.15) is 37.7 Å². The summed E-state index contributed by atoms with van der Waals surface area (Å²) in [7, 11) is 0. The van der Waals surface area contributed by atoms with E-state index in [1.54, 1.807) is 0 Å². The van der Waals surface area contributed by atoms with Gasteiger partial charge in [0.25, 0.3) is 0 Å². The number of fused-ring (bicyclic) bond motifs is 3. The van der Waals surface area contributed by atoms with E-state index in [1.807, 2.05) is 48.0 Å². The SMILES string of the molecule is [CH3][Ge]([CH3])([CH3])[c]1ccc(-c2[c-]cccc2)nc1.[Ir].[c-]1ccc2c(sc3ccc(-c4ccccc4)cc32)c1-c1cc(CC2CCCCC2)ccn1. The molecular formula is C44H42GeIrN2S-2. The summed E-state index contributed by atoms with van der Waals surface area (Å²) >= 11 is 0.141. The van der Waals surface area contributed by atoms with Gasteiger partial charge in [-0.3, -0.25) is 0 Å². The van der Waals surface area contributed by atoms with E-state index in [0.29, 0.717) is 0 Å². The Morgan fingerprint density at radius 2 is 1.53 bits per heavy atom. The molecule has 3 aromatic heterocycles. The maximum absolute atomic E-state index is 4.76. The summed E-state index contributed by atoms with van der Waals surface area (Å²) in [6.07, 6.45) is 12.1. The number of hydrogen-bond acceptors (Lipinski definition) is 3. The minimum absolute atomic E-state index is 0. The first-order chi connectivity index (χ1) is 23.4. The van der Waals surface area contributed by atoms with Gasteiger partial charge in [0.1, 0.15) is 0 Å². The molecule has 49 heavy (non-hydrogen) atoms. The number of thiophene rings is 1. The molecule has 5 heteroatoms. The van der Waals surface area contributed by atoms with Gasteiger partial charge in [-0.2, -0.15) is 11.3 Å². The topological polar surface area (TPSA) is 25.8 Å². The molecule has 0 atom stereocenters. The van der Waals surface area contributed by atoms with Crippen LogP contribution in [0.25, 0.3) is 53.8 Å². The maximum Gasteiger partial charge on any atom is 0.0240 e. The Hall–Kier alpha value is -3.41. The molecule has 1 saturated carbocycles. The van der Waals surface area contributed by atoms with Crippen molar-refractivity contribution < 1.29 is 20.1 Å². The third-order valence-corrected chi connectivity index (χ3v) is 14.9. The summed E-state index contributed by atoms with van der Waals surface area (Å²) in [4.78, 5) is 9.29. The number of hydrogen-bond donors (Lipinski definition) is 0. The number of rotatable bonds is 6. The largest absolute Gasteiger partial charge is 0.305 e. The number of benzene rings is 4. The Balaban J connectivity index is 0.000000208. The Morgan fingerprint density at radius 1 is 0.714 bits per heavy atom. The van der Waals surface area contributed by atoms with Crippen LogP contribution in [-0.4, -0.2) is 23.2 Å². The molecule has 0 amide bonds. The van der Waals surface area contributed by atoms with E-state index in [1.165, 1.54) is 79.8 Å². The third kappa shape index (κ3) is 8.49. The summed E-state index contributed by atoms with van der Waals surface area (Å²) in [6.45, 7) is 0. The number of pyridine rings is 2. The van der Waals surface area contributed by atoms with Crippen molar-refractivity contribution in [2.75, 3.05) is 0 Å². The van der Waals surface area contributed by atoms with E-state index in [4.69, 9.17) is 4.98 Å². The van der Waals surface area contributed by atoms with Crippen LogP contribution in [0, 0.1) is 18.1 Å². The fourth-order valence-electron chi connectivity index (χ4n) is 6.75. The summed E-state index contributed by atoms with van der Waals surface area (Å²) in [5.74, 6) is 7.97. The predicted octanol–water partition coefficient (Wildman–Crippen LogP) is 11.8. The van der Waals surface area contributed by atoms with Crippen LogP contribution in [0.3, 0.4) is 0 Å². The minimum atomic E-state index is -1.72. The van der Waals surface area contributed by atoms with Gasteiger partial charge in [-0.15, -0.1) is 23.8 Å². The molecule has 1 radical (unpaired) electrons. The van der Waals surface area contributed by atoms with Crippen LogP contribution >= 0.6 is 11.3 Å². The van der Waals surface area contributed by atoms with Crippen LogP contribution in [0.15, 0.2) is 122 Å². The normalized spacial score (nSPS) is 13.4. The van der Waals surface area contributed by atoms with Gasteiger partial charge < -0.3 is 4.98 Å². The predicted molar refractivity (Wildman–Crippen MR) is 209 cm³/mol. The van der Waals surface area contributed by atoms with Crippen molar-refractivity contribution in [3.63, 3.8) is 0 Å². The van der Waals surface area contributed by atoms with Crippen LogP contribution in [0.2, 0.25) is 17.3 Å². The van der Waals surface area contributed by atoms with E-state index < -0.39 is 13.3 Å². The first kappa shape index (κ1) is 35.4. The number of nitrogens with zero attached hydrogens (tertiary/aromatic N) is 2. The van der Waals surface area contributed by atoms with Crippen LogP contribution in [0.4, 0.5) is 0 Å². The third-order valence-electron chi connectivity index (χ3n) is 9.48. The van der Waals surface area contributed by atoms with Gasteiger partial charge in [-0.05, 0) is 57.4 Å². The first-order valence-corrected chi connectivity index (χ1v) is 25.4. The van der Waals surface area contributed by atoms with Gasteiger partial charge in [0, 0.05) is 31.0 Å². The molecule has 0 saturated heterocycles. The van der Waals surface area contributed by atoms with E-state index in [2.05, 4.69) is 119 Å². The van der Waals surface area contributed by atoms with Crippen molar-refractivity contribution in [1.82, 2.24) is 9.97 Å². The molecule has 0 unspecified atom stereocenters. The van der Waals surface area contributed by atoms with E-state index in [-0.39, 0.29) is 20.1 Å². The molecule has 1 aliphatic carbocycles.